The molecule has 1 unspecified atom stereocenters. The zero-order valence-electron chi connectivity index (χ0n) is 15.8. The van der Waals surface area contributed by atoms with E-state index in [1.165, 1.54) is 42.6 Å². The van der Waals surface area contributed by atoms with Gasteiger partial charge in [0, 0.05) is 29.2 Å². The molecule has 2 aromatic carbocycles. The summed E-state index contributed by atoms with van der Waals surface area (Å²) in [6, 6.07) is 7.26. The molecule has 2 N–H and O–H groups in total. The molecule has 0 amide bonds. The summed E-state index contributed by atoms with van der Waals surface area (Å²) >= 11 is 0. The van der Waals surface area contributed by atoms with Crippen LogP contribution in [0.25, 0.3) is 22.0 Å². The van der Waals surface area contributed by atoms with Gasteiger partial charge in [0.1, 0.15) is 6.04 Å². The Kier molecular flexibility index (Phi) is 5.42. The summed E-state index contributed by atoms with van der Waals surface area (Å²) in [5, 5.41) is 0.281. The monoisotopic (exact) mass is 414 g/mol. The first-order valence-electron chi connectivity index (χ1n) is 9.01. The molecular weight excluding hydrogens is 394 g/mol. The topological polar surface area (TPSA) is 30.9 Å². The fourth-order valence-corrected chi connectivity index (χ4v) is 3.44. The Morgan fingerprint density at radius 2 is 1.62 bits per heavy atom. The minimum Gasteiger partial charge on any atom is -0.347 e. The van der Waals surface area contributed by atoms with Crippen LogP contribution >= 0.6 is 0 Å². The predicted molar refractivity (Wildman–Crippen MR) is 100 cm³/mol. The van der Waals surface area contributed by atoms with Crippen LogP contribution in [-0.4, -0.2) is 10.7 Å². The van der Waals surface area contributed by atoms with Crippen molar-refractivity contribution in [3.8, 4) is 11.1 Å². The van der Waals surface area contributed by atoms with Gasteiger partial charge in [-0.05, 0) is 29.2 Å². The van der Waals surface area contributed by atoms with Crippen LogP contribution in [0, 0.1) is 5.92 Å². The first-order valence-corrected chi connectivity index (χ1v) is 9.01. The van der Waals surface area contributed by atoms with Crippen molar-refractivity contribution in [1.82, 2.24) is 4.57 Å². The molecule has 3 aromatic rings. The molecule has 1 heterocycles. The van der Waals surface area contributed by atoms with Crippen LogP contribution in [-0.2, 0) is 12.7 Å². The van der Waals surface area contributed by atoms with Crippen LogP contribution in [0.3, 0.4) is 0 Å². The smallest absolute Gasteiger partial charge is 0.347 e. The third-order valence-corrected chi connectivity index (χ3v) is 4.71. The fourth-order valence-electron chi connectivity index (χ4n) is 3.44. The maximum Gasteiger partial charge on any atom is 0.417 e. The molecule has 1 atom stereocenters. The summed E-state index contributed by atoms with van der Waals surface area (Å²) in [5.41, 5.74) is 5.20. The van der Waals surface area contributed by atoms with Crippen molar-refractivity contribution in [3.05, 3.63) is 59.8 Å². The molecule has 0 aliphatic carbocycles. The Bertz CT molecular complexity index is 1010. The molecule has 1 aromatic heterocycles. The largest absolute Gasteiger partial charge is 0.417 e. The number of rotatable bonds is 4. The maximum atomic E-state index is 13.4. The number of benzene rings is 2. The first-order chi connectivity index (χ1) is 13.4. The van der Waals surface area contributed by atoms with Gasteiger partial charge in [-0.1, -0.05) is 44.2 Å². The lowest BCUT2D eigenvalue weighted by Gasteiger charge is -2.15. The number of aromatic nitrogens is 1. The third kappa shape index (κ3) is 4.27. The zero-order chi connectivity index (χ0) is 21.6. The minimum absolute atomic E-state index is 0.0270. The average Bonchev–Trinajstić information content (AvgIpc) is 2.96. The Morgan fingerprint density at radius 3 is 2.21 bits per heavy atom. The van der Waals surface area contributed by atoms with Gasteiger partial charge in [-0.2, -0.15) is 26.3 Å². The van der Waals surface area contributed by atoms with Crippen LogP contribution in [0.2, 0.25) is 0 Å². The quantitative estimate of drug-likeness (QED) is 0.483. The van der Waals surface area contributed by atoms with Gasteiger partial charge in [0.15, 0.2) is 0 Å². The van der Waals surface area contributed by atoms with E-state index in [9.17, 15) is 26.3 Å². The number of alkyl halides is 6. The number of hydrogen-bond acceptors (Lipinski definition) is 1. The Labute approximate surface area is 163 Å². The van der Waals surface area contributed by atoms with Gasteiger partial charge in [-0.25, -0.2) is 0 Å². The van der Waals surface area contributed by atoms with E-state index in [0.717, 1.165) is 6.07 Å². The highest BCUT2D eigenvalue weighted by Crippen LogP contribution is 2.40. The molecule has 0 saturated carbocycles. The SMILES string of the molecule is CC(C)Cn1cc(C(N)C(F)(F)F)c2ccc(-c3ccccc3C(F)(F)F)cc21. The summed E-state index contributed by atoms with van der Waals surface area (Å²) in [6.07, 6.45) is -7.82. The van der Waals surface area contributed by atoms with E-state index in [2.05, 4.69) is 0 Å². The summed E-state index contributed by atoms with van der Waals surface area (Å²) in [4.78, 5) is 0. The van der Waals surface area contributed by atoms with Crippen LogP contribution < -0.4 is 5.73 Å². The number of halogens is 6. The van der Waals surface area contributed by atoms with Gasteiger partial charge >= 0.3 is 12.4 Å². The zero-order valence-corrected chi connectivity index (χ0v) is 15.8. The van der Waals surface area contributed by atoms with E-state index < -0.39 is 24.0 Å². The summed E-state index contributed by atoms with van der Waals surface area (Å²) < 4.78 is 81.4. The van der Waals surface area contributed by atoms with Crippen LogP contribution in [0.15, 0.2) is 48.7 Å². The Hall–Kier alpha value is -2.48. The molecular formula is C21H20F6N2. The summed E-state index contributed by atoms with van der Waals surface area (Å²) in [5.74, 6) is 0.117. The molecule has 0 saturated heterocycles. The number of nitrogens with two attached hydrogens (primary N) is 1. The lowest BCUT2D eigenvalue weighted by molar-refractivity contribution is -0.148. The number of fused-ring (bicyclic) bond motifs is 1. The lowest BCUT2D eigenvalue weighted by atomic mass is 9.97. The molecule has 3 rings (SSSR count). The van der Waals surface area contributed by atoms with Crippen molar-refractivity contribution in [2.75, 3.05) is 0 Å². The molecule has 0 radical (unpaired) electrons. The summed E-state index contributed by atoms with van der Waals surface area (Å²) in [7, 11) is 0. The molecule has 8 heteroatoms. The highest BCUT2D eigenvalue weighted by molar-refractivity contribution is 5.89. The lowest BCUT2D eigenvalue weighted by Crippen LogP contribution is -2.28. The molecule has 156 valence electrons. The fraction of sp³-hybridized carbons (Fsp3) is 0.333. The van der Waals surface area contributed by atoms with Gasteiger partial charge < -0.3 is 10.3 Å². The van der Waals surface area contributed by atoms with Gasteiger partial charge in [0.2, 0.25) is 0 Å². The molecule has 0 bridgehead atoms. The maximum absolute atomic E-state index is 13.4. The van der Waals surface area contributed by atoms with Crippen molar-refractivity contribution in [2.24, 2.45) is 11.7 Å². The Balaban J connectivity index is 2.23. The highest BCUT2D eigenvalue weighted by atomic mass is 19.4. The van der Waals surface area contributed by atoms with Crippen LogP contribution in [0.1, 0.15) is 31.0 Å². The number of hydrogen-bond donors (Lipinski definition) is 1. The van der Waals surface area contributed by atoms with Crippen molar-refractivity contribution < 1.29 is 26.3 Å². The standard InChI is InChI=1S/C21H20F6N2/c1-12(2)10-29-11-16(19(28)21(25,26)27)15-8-7-13(9-18(15)29)14-5-3-4-6-17(14)20(22,23)24/h3-9,11-12,19H,10,28H2,1-2H3. The van der Waals surface area contributed by atoms with E-state index in [1.807, 2.05) is 13.8 Å². The van der Waals surface area contributed by atoms with Gasteiger partial charge in [-0.3, -0.25) is 0 Å². The second-order valence-corrected chi connectivity index (χ2v) is 7.43. The van der Waals surface area contributed by atoms with Crippen molar-refractivity contribution in [2.45, 2.75) is 38.8 Å². The molecule has 2 nitrogen and oxygen atoms in total. The third-order valence-electron chi connectivity index (χ3n) is 4.71. The molecule has 0 fully saturated rings. The Morgan fingerprint density at radius 1 is 0.966 bits per heavy atom. The van der Waals surface area contributed by atoms with Gasteiger partial charge in [0.25, 0.3) is 0 Å². The van der Waals surface area contributed by atoms with Gasteiger partial charge in [0.05, 0.1) is 5.56 Å². The van der Waals surface area contributed by atoms with Crippen LogP contribution in [0.5, 0.6) is 0 Å². The summed E-state index contributed by atoms with van der Waals surface area (Å²) in [6.45, 7) is 4.21. The van der Waals surface area contributed by atoms with E-state index in [4.69, 9.17) is 5.73 Å². The highest BCUT2D eigenvalue weighted by Gasteiger charge is 2.39. The van der Waals surface area contributed by atoms with Crippen molar-refractivity contribution in [3.63, 3.8) is 0 Å². The molecule has 0 spiro atoms. The van der Waals surface area contributed by atoms with Crippen molar-refractivity contribution >= 4 is 10.9 Å². The predicted octanol–water partition coefficient (Wildman–Crippen LogP) is 6.55. The van der Waals surface area contributed by atoms with Crippen molar-refractivity contribution in [1.29, 1.82) is 0 Å². The molecule has 29 heavy (non-hydrogen) atoms. The normalized spacial score (nSPS) is 14.0. The van der Waals surface area contributed by atoms with Crippen LogP contribution in [0.4, 0.5) is 26.3 Å². The second kappa shape index (κ2) is 7.40. The van der Waals surface area contributed by atoms with E-state index in [0.29, 0.717) is 12.1 Å². The van der Waals surface area contributed by atoms with E-state index in [-0.39, 0.29) is 28.0 Å². The molecule has 0 aliphatic heterocycles. The second-order valence-electron chi connectivity index (χ2n) is 7.43. The minimum atomic E-state index is -4.63. The molecule has 0 aliphatic rings. The number of nitrogens with zero attached hydrogens (tertiary/aromatic N) is 1. The first kappa shape index (κ1) is 21.2. The average molecular weight is 414 g/mol. The van der Waals surface area contributed by atoms with E-state index in [1.54, 1.807) is 4.57 Å². The van der Waals surface area contributed by atoms with Gasteiger partial charge in [-0.15, -0.1) is 0 Å². The van der Waals surface area contributed by atoms with E-state index >= 15 is 0 Å².